The number of piperidine rings is 1. The van der Waals surface area contributed by atoms with Crippen LogP contribution in [0.2, 0.25) is 0 Å². The lowest BCUT2D eigenvalue weighted by atomic mass is 9.82. The molecule has 0 aromatic heterocycles. The van der Waals surface area contributed by atoms with Crippen LogP contribution in [-0.2, 0) is 0 Å². The Morgan fingerprint density at radius 1 is 1.12 bits per heavy atom. The van der Waals surface area contributed by atoms with E-state index in [4.69, 9.17) is 11.6 Å². The highest BCUT2D eigenvalue weighted by Crippen LogP contribution is 2.54. The second kappa shape index (κ2) is 3.42. The highest BCUT2D eigenvalue weighted by Gasteiger charge is 2.85. The van der Waals surface area contributed by atoms with Crippen LogP contribution in [0, 0.1) is 5.92 Å². The fraction of sp³-hybridized carbons (Fsp3) is 1.00. The van der Waals surface area contributed by atoms with Gasteiger partial charge in [0.25, 0.3) is 5.54 Å². The molecule has 0 spiro atoms. The molecular formula is C8H9ClF6NO+. The SMILES string of the molecule is O[C@@H]1C[C@@H]2[C@@H](Cl)[C@H]1[NH2+]C2(C(F)(F)F)C(F)(F)F. The van der Waals surface area contributed by atoms with Gasteiger partial charge < -0.3 is 10.4 Å². The molecular weight excluding hydrogens is 276 g/mol. The monoisotopic (exact) mass is 284 g/mol. The average molecular weight is 285 g/mol. The molecule has 1 aliphatic heterocycles. The maximum atomic E-state index is 12.8. The highest BCUT2D eigenvalue weighted by atomic mass is 35.5. The molecule has 2 fully saturated rings. The number of alkyl halides is 7. The summed E-state index contributed by atoms with van der Waals surface area (Å²) >= 11 is 5.58. The summed E-state index contributed by atoms with van der Waals surface area (Å²) in [5.74, 6) is -1.84. The van der Waals surface area contributed by atoms with Crippen LogP contribution < -0.4 is 5.32 Å². The summed E-state index contributed by atoms with van der Waals surface area (Å²) in [5.41, 5.74) is -3.88. The van der Waals surface area contributed by atoms with Crippen molar-refractivity contribution in [3.05, 3.63) is 0 Å². The Balaban J connectivity index is 2.48. The van der Waals surface area contributed by atoms with Crippen molar-refractivity contribution in [3.8, 4) is 0 Å². The van der Waals surface area contributed by atoms with E-state index in [2.05, 4.69) is 0 Å². The molecule has 0 unspecified atom stereocenters. The first kappa shape index (κ1) is 13.2. The molecule has 0 aromatic carbocycles. The van der Waals surface area contributed by atoms with Gasteiger partial charge >= 0.3 is 12.4 Å². The van der Waals surface area contributed by atoms with Crippen LogP contribution in [0.4, 0.5) is 26.3 Å². The molecule has 1 saturated carbocycles. The molecule has 1 aliphatic carbocycles. The quantitative estimate of drug-likeness (QED) is 0.501. The Morgan fingerprint density at radius 3 is 1.82 bits per heavy atom. The first-order valence-electron chi connectivity index (χ1n) is 4.84. The van der Waals surface area contributed by atoms with Crippen molar-refractivity contribution in [1.82, 2.24) is 0 Å². The lowest BCUT2D eigenvalue weighted by Crippen LogP contribution is -3.07. The molecule has 0 radical (unpaired) electrons. The molecule has 9 heteroatoms. The Bertz CT molecular complexity index is 315. The van der Waals surface area contributed by atoms with Crippen LogP contribution in [0.1, 0.15) is 6.42 Å². The number of quaternary nitrogens is 1. The van der Waals surface area contributed by atoms with Crippen LogP contribution in [-0.4, -0.2) is 40.5 Å². The number of fused-ring (bicyclic) bond motifs is 2. The molecule has 2 aliphatic rings. The van der Waals surface area contributed by atoms with Crippen molar-refractivity contribution >= 4 is 11.6 Å². The minimum Gasteiger partial charge on any atom is -0.387 e. The van der Waals surface area contributed by atoms with Gasteiger partial charge in [-0.3, -0.25) is 0 Å². The second-order valence-electron chi connectivity index (χ2n) is 4.46. The molecule has 17 heavy (non-hydrogen) atoms. The van der Waals surface area contributed by atoms with Gasteiger partial charge in [-0.05, 0) is 6.42 Å². The Kier molecular flexibility index (Phi) is 2.66. The van der Waals surface area contributed by atoms with E-state index in [1.54, 1.807) is 0 Å². The number of nitrogens with two attached hydrogens (primary N) is 1. The Labute approximate surface area is 96.9 Å². The number of aliphatic hydroxyl groups is 1. The molecule has 2 nitrogen and oxygen atoms in total. The van der Waals surface area contributed by atoms with E-state index >= 15 is 0 Å². The van der Waals surface area contributed by atoms with E-state index < -0.39 is 47.8 Å². The van der Waals surface area contributed by atoms with Gasteiger partial charge in [0.1, 0.15) is 12.1 Å². The molecule has 1 heterocycles. The number of hydrogen-bond acceptors (Lipinski definition) is 1. The van der Waals surface area contributed by atoms with Crippen LogP contribution in [0.25, 0.3) is 0 Å². The van der Waals surface area contributed by atoms with Gasteiger partial charge in [-0.15, -0.1) is 11.6 Å². The molecule has 100 valence electrons. The largest absolute Gasteiger partial charge is 0.454 e. The first-order chi connectivity index (χ1) is 7.52. The van der Waals surface area contributed by atoms with E-state index in [0.29, 0.717) is 0 Å². The summed E-state index contributed by atoms with van der Waals surface area (Å²) in [6, 6.07) is -1.26. The number of hydrogen-bond donors (Lipinski definition) is 2. The summed E-state index contributed by atoms with van der Waals surface area (Å²) in [6.45, 7) is 0. The number of rotatable bonds is 0. The van der Waals surface area contributed by atoms with Gasteiger partial charge in [0.15, 0.2) is 0 Å². The predicted octanol–water partition coefficient (Wildman–Crippen LogP) is 0.784. The molecule has 0 aromatic rings. The van der Waals surface area contributed by atoms with Gasteiger partial charge in [0.2, 0.25) is 0 Å². The van der Waals surface area contributed by atoms with E-state index in [9.17, 15) is 31.4 Å². The molecule has 2 bridgehead atoms. The van der Waals surface area contributed by atoms with Gasteiger partial charge in [-0.25, -0.2) is 0 Å². The molecule has 1 saturated heterocycles. The molecule has 3 N–H and O–H groups in total. The van der Waals surface area contributed by atoms with Crippen molar-refractivity contribution in [1.29, 1.82) is 0 Å². The lowest BCUT2D eigenvalue weighted by molar-refractivity contribution is -0.800. The normalized spacial score (nSPS) is 40.9. The lowest BCUT2D eigenvalue weighted by Gasteiger charge is -2.38. The van der Waals surface area contributed by atoms with Crippen molar-refractivity contribution < 1.29 is 36.8 Å². The van der Waals surface area contributed by atoms with Gasteiger partial charge in [0, 0.05) is 0 Å². The highest BCUT2D eigenvalue weighted by molar-refractivity contribution is 6.21. The minimum atomic E-state index is -5.45. The zero-order valence-electron chi connectivity index (χ0n) is 8.19. The Hall–Kier alpha value is -0.210. The number of halogens is 7. The van der Waals surface area contributed by atoms with Crippen LogP contribution in [0.15, 0.2) is 0 Å². The summed E-state index contributed by atoms with van der Waals surface area (Å²) in [7, 11) is 0. The summed E-state index contributed by atoms with van der Waals surface area (Å²) in [5, 5.41) is 8.12. The van der Waals surface area contributed by atoms with Crippen LogP contribution in [0.5, 0.6) is 0 Å². The predicted molar refractivity (Wildman–Crippen MR) is 44.3 cm³/mol. The Morgan fingerprint density at radius 2 is 1.59 bits per heavy atom. The molecule has 4 atom stereocenters. The van der Waals surface area contributed by atoms with E-state index in [1.165, 1.54) is 0 Å². The van der Waals surface area contributed by atoms with E-state index in [-0.39, 0.29) is 5.32 Å². The van der Waals surface area contributed by atoms with Gasteiger partial charge in [0.05, 0.1) is 11.3 Å². The zero-order chi connectivity index (χ0) is 13.2. The first-order valence-corrected chi connectivity index (χ1v) is 5.27. The molecule has 2 rings (SSSR count). The van der Waals surface area contributed by atoms with Crippen molar-refractivity contribution in [2.24, 2.45) is 5.92 Å². The third kappa shape index (κ3) is 1.50. The summed E-state index contributed by atoms with van der Waals surface area (Å²) in [6.07, 6.45) is -12.7. The van der Waals surface area contributed by atoms with Crippen LogP contribution in [0.3, 0.4) is 0 Å². The maximum absolute atomic E-state index is 12.8. The smallest absolute Gasteiger partial charge is 0.387 e. The van der Waals surface area contributed by atoms with Gasteiger partial charge in [-0.1, -0.05) is 0 Å². The fourth-order valence-corrected chi connectivity index (χ4v) is 3.41. The number of aliphatic hydroxyl groups excluding tert-OH is 1. The maximum Gasteiger partial charge on any atom is 0.454 e. The summed E-state index contributed by atoms with van der Waals surface area (Å²) in [4.78, 5) is 0. The summed E-state index contributed by atoms with van der Waals surface area (Å²) < 4.78 is 76.7. The zero-order valence-corrected chi connectivity index (χ0v) is 8.94. The van der Waals surface area contributed by atoms with Crippen LogP contribution >= 0.6 is 11.6 Å². The van der Waals surface area contributed by atoms with E-state index in [0.717, 1.165) is 0 Å². The fourth-order valence-electron chi connectivity index (χ4n) is 2.87. The second-order valence-corrected chi connectivity index (χ2v) is 4.97. The van der Waals surface area contributed by atoms with Crippen molar-refractivity contribution in [2.75, 3.05) is 0 Å². The van der Waals surface area contributed by atoms with Gasteiger partial charge in [-0.2, -0.15) is 26.3 Å². The van der Waals surface area contributed by atoms with E-state index in [1.807, 2.05) is 0 Å². The standard InChI is InChI=1S/C8H8ClF6NO/c9-4-2-1-3(17)5(4)16-6(2,7(10,11)12)8(13,14)15/h2-5,16-17H,1H2/p+1/t2-,3-,4-,5+/m1/s1. The topological polar surface area (TPSA) is 36.8 Å². The van der Waals surface area contributed by atoms with Crippen molar-refractivity contribution in [2.45, 2.75) is 41.8 Å². The third-order valence-corrected chi connectivity index (χ3v) is 4.27. The minimum absolute atomic E-state index is 0.142. The average Bonchev–Trinajstić information content (AvgIpc) is 2.53. The third-order valence-electron chi connectivity index (χ3n) is 3.67. The van der Waals surface area contributed by atoms with Crippen molar-refractivity contribution in [3.63, 3.8) is 0 Å². The molecule has 0 amide bonds.